The fraction of sp³-hybridized carbons (Fsp3) is 0.400. The number of rotatable bonds is 6. The maximum atomic E-state index is 5.69. The van der Waals surface area contributed by atoms with Crippen LogP contribution in [0.5, 0.6) is 5.88 Å². The standard InChI is InChI=1S/C15H20N4O/c1-12(2)20-15-14(17-9-10-18-15)19(3)11-6-13-4-7-16-8-5-13/h4-5,7-10,12H,6,11H2,1-3H3. The van der Waals surface area contributed by atoms with Crippen molar-refractivity contribution >= 4 is 5.82 Å². The summed E-state index contributed by atoms with van der Waals surface area (Å²) in [6.45, 7) is 4.81. The van der Waals surface area contributed by atoms with E-state index in [1.54, 1.807) is 12.4 Å². The number of nitrogens with zero attached hydrogens (tertiary/aromatic N) is 4. The van der Waals surface area contributed by atoms with Gasteiger partial charge < -0.3 is 9.64 Å². The monoisotopic (exact) mass is 272 g/mol. The Hall–Kier alpha value is -2.17. The Morgan fingerprint density at radius 1 is 1.10 bits per heavy atom. The topological polar surface area (TPSA) is 51.1 Å². The minimum atomic E-state index is 0.0825. The number of hydrogen-bond donors (Lipinski definition) is 0. The van der Waals surface area contributed by atoms with Gasteiger partial charge in [0, 0.05) is 38.4 Å². The van der Waals surface area contributed by atoms with Crippen LogP contribution in [0.4, 0.5) is 5.82 Å². The lowest BCUT2D eigenvalue weighted by Crippen LogP contribution is -2.23. The molecule has 2 rings (SSSR count). The minimum Gasteiger partial charge on any atom is -0.472 e. The highest BCUT2D eigenvalue weighted by Gasteiger charge is 2.12. The van der Waals surface area contributed by atoms with E-state index in [0.29, 0.717) is 5.88 Å². The summed E-state index contributed by atoms with van der Waals surface area (Å²) in [6.07, 6.45) is 7.97. The maximum absolute atomic E-state index is 5.69. The summed E-state index contributed by atoms with van der Waals surface area (Å²) in [4.78, 5) is 14.7. The summed E-state index contributed by atoms with van der Waals surface area (Å²) in [7, 11) is 2.00. The third-order valence-corrected chi connectivity index (χ3v) is 2.84. The molecule has 20 heavy (non-hydrogen) atoms. The molecule has 0 bridgehead atoms. The van der Waals surface area contributed by atoms with E-state index < -0.39 is 0 Å². The molecule has 0 spiro atoms. The summed E-state index contributed by atoms with van der Waals surface area (Å²) in [5.41, 5.74) is 1.25. The Morgan fingerprint density at radius 3 is 2.50 bits per heavy atom. The number of ether oxygens (including phenoxy) is 1. The molecule has 0 atom stereocenters. The van der Waals surface area contributed by atoms with E-state index in [-0.39, 0.29) is 6.10 Å². The van der Waals surface area contributed by atoms with E-state index in [9.17, 15) is 0 Å². The van der Waals surface area contributed by atoms with Gasteiger partial charge in [0.1, 0.15) is 0 Å². The van der Waals surface area contributed by atoms with Gasteiger partial charge in [0.15, 0.2) is 5.82 Å². The smallest absolute Gasteiger partial charge is 0.257 e. The van der Waals surface area contributed by atoms with Crippen LogP contribution in [0.2, 0.25) is 0 Å². The fourth-order valence-corrected chi connectivity index (χ4v) is 1.84. The van der Waals surface area contributed by atoms with Gasteiger partial charge in [0.2, 0.25) is 0 Å². The summed E-state index contributed by atoms with van der Waals surface area (Å²) in [5, 5.41) is 0. The predicted octanol–water partition coefficient (Wildman–Crippen LogP) is 2.34. The average molecular weight is 272 g/mol. The van der Waals surface area contributed by atoms with Crippen LogP contribution < -0.4 is 9.64 Å². The van der Waals surface area contributed by atoms with Crippen LogP contribution in [0.15, 0.2) is 36.9 Å². The van der Waals surface area contributed by atoms with E-state index in [2.05, 4.69) is 19.9 Å². The first-order valence-electron chi connectivity index (χ1n) is 6.74. The predicted molar refractivity (Wildman–Crippen MR) is 79.0 cm³/mol. The van der Waals surface area contributed by atoms with Crippen LogP contribution in [0.25, 0.3) is 0 Å². The van der Waals surface area contributed by atoms with Gasteiger partial charge in [-0.2, -0.15) is 0 Å². The van der Waals surface area contributed by atoms with Gasteiger partial charge >= 0.3 is 0 Å². The molecule has 2 heterocycles. The van der Waals surface area contributed by atoms with Crippen LogP contribution in [-0.4, -0.2) is 34.6 Å². The molecule has 0 amide bonds. The molecule has 0 unspecified atom stereocenters. The number of aromatic nitrogens is 3. The average Bonchev–Trinajstić information content (AvgIpc) is 2.46. The number of hydrogen-bond acceptors (Lipinski definition) is 5. The van der Waals surface area contributed by atoms with E-state index in [1.807, 2.05) is 45.4 Å². The molecule has 5 nitrogen and oxygen atoms in total. The quantitative estimate of drug-likeness (QED) is 0.808. The summed E-state index contributed by atoms with van der Waals surface area (Å²) >= 11 is 0. The van der Waals surface area contributed by atoms with Crippen molar-refractivity contribution in [2.75, 3.05) is 18.5 Å². The van der Waals surface area contributed by atoms with Crippen molar-refractivity contribution in [1.82, 2.24) is 15.0 Å². The normalized spacial score (nSPS) is 10.6. The Kier molecular flexibility index (Phi) is 4.87. The van der Waals surface area contributed by atoms with E-state index in [4.69, 9.17) is 4.74 Å². The molecule has 5 heteroatoms. The number of anilines is 1. The summed E-state index contributed by atoms with van der Waals surface area (Å²) in [5.74, 6) is 1.36. The van der Waals surface area contributed by atoms with Crippen molar-refractivity contribution < 1.29 is 4.74 Å². The lowest BCUT2D eigenvalue weighted by atomic mass is 10.2. The van der Waals surface area contributed by atoms with Crippen LogP contribution in [0.3, 0.4) is 0 Å². The lowest BCUT2D eigenvalue weighted by Gasteiger charge is -2.21. The van der Waals surface area contributed by atoms with Gasteiger partial charge in [-0.3, -0.25) is 4.98 Å². The molecule has 0 aromatic carbocycles. The third kappa shape index (κ3) is 3.91. The van der Waals surface area contributed by atoms with Crippen molar-refractivity contribution in [2.24, 2.45) is 0 Å². The molecular formula is C15H20N4O. The zero-order chi connectivity index (χ0) is 14.4. The molecule has 0 radical (unpaired) electrons. The van der Waals surface area contributed by atoms with Gasteiger partial charge in [-0.1, -0.05) is 0 Å². The highest BCUT2D eigenvalue weighted by Crippen LogP contribution is 2.22. The van der Waals surface area contributed by atoms with E-state index in [1.165, 1.54) is 5.56 Å². The van der Waals surface area contributed by atoms with Gasteiger partial charge in [-0.15, -0.1) is 0 Å². The van der Waals surface area contributed by atoms with Crippen molar-refractivity contribution in [3.8, 4) is 5.88 Å². The summed E-state index contributed by atoms with van der Waals surface area (Å²) in [6, 6.07) is 4.05. The minimum absolute atomic E-state index is 0.0825. The van der Waals surface area contributed by atoms with E-state index in [0.717, 1.165) is 18.8 Å². The van der Waals surface area contributed by atoms with Crippen molar-refractivity contribution in [3.63, 3.8) is 0 Å². The second kappa shape index (κ2) is 6.84. The molecule has 0 aliphatic rings. The molecule has 0 N–H and O–H groups in total. The Bertz CT molecular complexity index is 530. The first kappa shape index (κ1) is 14.2. The van der Waals surface area contributed by atoms with Gasteiger partial charge in [-0.05, 0) is 38.0 Å². The molecule has 0 aliphatic heterocycles. The molecule has 2 aromatic rings. The first-order valence-corrected chi connectivity index (χ1v) is 6.74. The fourth-order valence-electron chi connectivity index (χ4n) is 1.84. The maximum Gasteiger partial charge on any atom is 0.257 e. The summed E-state index contributed by atoms with van der Waals surface area (Å²) < 4.78 is 5.69. The SMILES string of the molecule is CC(C)Oc1nccnc1N(C)CCc1ccncc1. The third-order valence-electron chi connectivity index (χ3n) is 2.84. The number of likely N-dealkylation sites (N-methyl/N-ethyl adjacent to an activating group) is 1. The molecule has 0 aliphatic carbocycles. The molecule has 0 fully saturated rings. The second-order valence-corrected chi connectivity index (χ2v) is 4.88. The van der Waals surface area contributed by atoms with Crippen LogP contribution in [0.1, 0.15) is 19.4 Å². The van der Waals surface area contributed by atoms with E-state index >= 15 is 0 Å². The lowest BCUT2D eigenvalue weighted by molar-refractivity contribution is 0.232. The largest absolute Gasteiger partial charge is 0.472 e. The van der Waals surface area contributed by atoms with Gasteiger partial charge in [0.05, 0.1) is 6.10 Å². The van der Waals surface area contributed by atoms with Crippen molar-refractivity contribution in [2.45, 2.75) is 26.4 Å². The zero-order valence-electron chi connectivity index (χ0n) is 12.2. The van der Waals surface area contributed by atoms with Gasteiger partial charge in [-0.25, -0.2) is 9.97 Å². The highest BCUT2D eigenvalue weighted by molar-refractivity contribution is 5.47. The van der Waals surface area contributed by atoms with Crippen molar-refractivity contribution in [1.29, 1.82) is 0 Å². The Balaban J connectivity index is 2.03. The zero-order valence-corrected chi connectivity index (χ0v) is 12.2. The first-order chi connectivity index (χ1) is 9.66. The van der Waals surface area contributed by atoms with Crippen molar-refractivity contribution in [3.05, 3.63) is 42.5 Å². The van der Waals surface area contributed by atoms with Crippen LogP contribution in [-0.2, 0) is 6.42 Å². The Morgan fingerprint density at radius 2 is 1.80 bits per heavy atom. The molecule has 0 saturated heterocycles. The number of pyridine rings is 1. The second-order valence-electron chi connectivity index (χ2n) is 4.88. The Labute approximate surface area is 119 Å². The van der Waals surface area contributed by atoms with Gasteiger partial charge in [0.25, 0.3) is 5.88 Å². The van der Waals surface area contributed by atoms with Crippen LogP contribution in [0, 0.1) is 0 Å². The van der Waals surface area contributed by atoms with Crippen LogP contribution >= 0.6 is 0 Å². The molecule has 0 saturated carbocycles. The highest BCUT2D eigenvalue weighted by atomic mass is 16.5. The molecular weight excluding hydrogens is 252 g/mol. The molecule has 106 valence electrons. The molecule has 2 aromatic heterocycles.